The van der Waals surface area contributed by atoms with Gasteiger partial charge >= 0.3 is 0 Å². The van der Waals surface area contributed by atoms with Crippen LogP contribution in [0.3, 0.4) is 0 Å². The van der Waals surface area contributed by atoms with Gasteiger partial charge in [-0.3, -0.25) is 0 Å². The van der Waals surface area contributed by atoms with Crippen molar-refractivity contribution in [3.05, 3.63) is 48.4 Å². The molecule has 0 unspecified atom stereocenters. The largest absolute Gasteiger partial charge is 0.370 e. The number of nitrogens with zero attached hydrogens (tertiary/aromatic N) is 3. The monoisotopic (exact) mass is 383 g/mol. The zero-order valence-corrected chi connectivity index (χ0v) is 16.2. The molecular weight excluding hydrogens is 362 g/mol. The fourth-order valence-electron chi connectivity index (χ4n) is 4.67. The molecule has 1 saturated heterocycles. The van der Waals surface area contributed by atoms with Crippen LogP contribution in [0.15, 0.2) is 43.2 Å². The van der Waals surface area contributed by atoms with Gasteiger partial charge < -0.3 is 14.0 Å². The van der Waals surface area contributed by atoms with Gasteiger partial charge in [-0.25, -0.2) is 9.97 Å². The van der Waals surface area contributed by atoms with Crippen molar-refractivity contribution >= 4 is 33.5 Å². The van der Waals surface area contributed by atoms with Crippen LogP contribution in [0.25, 0.3) is 21.9 Å². The van der Waals surface area contributed by atoms with Gasteiger partial charge in [0.05, 0.1) is 35.3 Å². The quantitative estimate of drug-likeness (QED) is 0.481. The first kappa shape index (κ1) is 17.2. The summed E-state index contributed by atoms with van der Waals surface area (Å²) in [5.41, 5.74) is 1.65. The molecule has 0 bridgehead atoms. The minimum absolute atomic E-state index is 0.00947. The number of benzene rings is 1. The minimum Gasteiger partial charge on any atom is -0.370 e. The summed E-state index contributed by atoms with van der Waals surface area (Å²) < 4.78 is 15.0. The maximum absolute atomic E-state index is 6.45. The summed E-state index contributed by atoms with van der Waals surface area (Å²) in [5.74, 6) is 0.230. The molecule has 3 aromatic rings. The maximum Gasteiger partial charge on any atom is 0.146 e. The van der Waals surface area contributed by atoms with Crippen molar-refractivity contribution in [3.8, 4) is 0 Å². The first-order valence-corrected chi connectivity index (χ1v) is 9.69. The van der Waals surface area contributed by atoms with Crippen LogP contribution >= 0.6 is 11.6 Å². The molecule has 1 aliphatic heterocycles. The number of hydrogen-bond donors (Lipinski definition) is 0. The van der Waals surface area contributed by atoms with Crippen molar-refractivity contribution in [2.75, 3.05) is 6.61 Å². The highest BCUT2D eigenvalue weighted by Crippen LogP contribution is 2.47. The van der Waals surface area contributed by atoms with Crippen molar-refractivity contribution in [2.45, 2.75) is 44.1 Å². The summed E-state index contributed by atoms with van der Waals surface area (Å²) in [6, 6.07) is 8.33. The second kappa shape index (κ2) is 6.03. The highest BCUT2D eigenvalue weighted by atomic mass is 35.5. The van der Waals surface area contributed by atoms with Crippen molar-refractivity contribution < 1.29 is 9.47 Å². The molecule has 0 N–H and O–H groups in total. The van der Waals surface area contributed by atoms with E-state index in [1.807, 2.05) is 18.2 Å². The molecule has 1 aromatic carbocycles. The molecule has 2 aromatic heterocycles. The number of para-hydroxylation sites is 1. The Bertz CT molecular complexity index is 1040. The number of fused-ring (bicyclic) bond motifs is 4. The molecule has 2 fully saturated rings. The predicted molar refractivity (Wildman–Crippen MR) is 106 cm³/mol. The highest BCUT2D eigenvalue weighted by Gasteiger charge is 2.50. The molecular formula is C21H22ClN3O2. The minimum atomic E-state index is -0.288. The molecule has 0 radical (unpaired) electrons. The third-order valence-corrected chi connectivity index (χ3v) is 6.08. The standard InChI is InChI=1S/C21H22ClN3O2/c1-4-12-9-15(18-17(12)27-21(2,3)10-26-18)25-14-8-6-5-7-13(14)16-19(22)23-11-24-20(16)25/h4-8,11-12,15,17-18H,1,9-10H2,2-3H3/t12-,15+,17+,18-/m0/s1. The van der Waals surface area contributed by atoms with Crippen molar-refractivity contribution in [3.63, 3.8) is 0 Å². The van der Waals surface area contributed by atoms with E-state index in [0.717, 1.165) is 28.4 Å². The van der Waals surface area contributed by atoms with Crippen LogP contribution < -0.4 is 0 Å². The average Bonchev–Trinajstić information content (AvgIpc) is 3.16. The van der Waals surface area contributed by atoms with E-state index < -0.39 is 0 Å². The van der Waals surface area contributed by atoms with Crippen LogP contribution in [0.4, 0.5) is 0 Å². The maximum atomic E-state index is 6.45. The van der Waals surface area contributed by atoms with Crippen LogP contribution in [0.1, 0.15) is 26.3 Å². The zero-order valence-electron chi connectivity index (χ0n) is 15.4. The number of aromatic nitrogens is 3. The van der Waals surface area contributed by atoms with E-state index in [2.05, 4.69) is 47.1 Å². The van der Waals surface area contributed by atoms with Gasteiger partial charge in [0.2, 0.25) is 0 Å². The first-order valence-electron chi connectivity index (χ1n) is 9.31. The molecule has 5 nitrogen and oxygen atoms in total. The van der Waals surface area contributed by atoms with E-state index in [1.54, 1.807) is 0 Å². The lowest BCUT2D eigenvalue weighted by molar-refractivity contribution is -0.219. The highest BCUT2D eigenvalue weighted by molar-refractivity contribution is 6.36. The molecule has 6 heteroatoms. The molecule has 5 rings (SSSR count). The van der Waals surface area contributed by atoms with Crippen molar-refractivity contribution in [1.82, 2.24) is 14.5 Å². The topological polar surface area (TPSA) is 49.2 Å². The second-order valence-corrected chi connectivity index (χ2v) is 8.43. The molecule has 3 heterocycles. The molecule has 1 aliphatic carbocycles. The third kappa shape index (κ3) is 2.53. The fraction of sp³-hybridized carbons (Fsp3) is 0.429. The van der Waals surface area contributed by atoms with E-state index in [4.69, 9.17) is 21.1 Å². The van der Waals surface area contributed by atoms with Crippen LogP contribution in [0, 0.1) is 5.92 Å². The Morgan fingerprint density at radius 3 is 2.89 bits per heavy atom. The van der Waals surface area contributed by atoms with E-state index >= 15 is 0 Å². The van der Waals surface area contributed by atoms with E-state index in [-0.39, 0.29) is 29.8 Å². The van der Waals surface area contributed by atoms with Gasteiger partial charge in [-0.1, -0.05) is 35.9 Å². The SMILES string of the molecule is C=C[C@H]1C[C@@H](n2c3ccccc3c3c(Cl)ncnc32)[C@@H]2OCC(C)(C)O[C@@H]21. The Kier molecular flexibility index (Phi) is 3.83. The third-order valence-electron chi connectivity index (χ3n) is 5.79. The lowest BCUT2D eigenvalue weighted by Gasteiger charge is -2.41. The van der Waals surface area contributed by atoms with Gasteiger partial charge in [0.15, 0.2) is 0 Å². The fourth-order valence-corrected chi connectivity index (χ4v) is 4.90. The van der Waals surface area contributed by atoms with E-state index in [1.165, 1.54) is 6.33 Å². The van der Waals surface area contributed by atoms with Gasteiger partial charge in [-0.05, 0) is 26.3 Å². The van der Waals surface area contributed by atoms with Gasteiger partial charge in [0.25, 0.3) is 0 Å². The molecule has 0 spiro atoms. The lowest BCUT2D eigenvalue weighted by atomic mass is 10.0. The lowest BCUT2D eigenvalue weighted by Crippen LogP contribution is -2.49. The molecule has 4 atom stereocenters. The Morgan fingerprint density at radius 2 is 2.07 bits per heavy atom. The number of rotatable bonds is 2. The molecule has 27 heavy (non-hydrogen) atoms. The van der Waals surface area contributed by atoms with Crippen LogP contribution in [-0.2, 0) is 9.47 Å². The summed E-state index contributed by atoms with van der Waals surface area (Å²) >= 11 is 6.45. The average molecular weight is 384 g/mol. The second-order valence-electron chi connectivity index (χ2n) is 8.07. The Balaban J connectivity index is 1.71. The smallest absolute Gasteiger partial charge is 0.146 e. The van der Waals surface area contributed by atoms with Crippen molar-refractivity contribution in [1.29, 1.82) is 0 Å². The molecule has 1 saturated carbocycles. The molecule has 0 amide bonds. The number of hydrogen-bond acceptors (Lipinski definition) is 4. The Hall–Kier alpha value is -1.95. The summed E-state index contributed by atoms with van der Waals surface area (Å²) in [7, 11) is 0. The van der Waals surface area contributed by atoms with Crippen molar-refractivity contribution in [2.24, 2.45) is 5.92 Å². The van der Waals surface area contributed by atoms with Gasteiger partial charge in [0, 0.05) is 11.3 Å². The summed E-state index contributed by atoms with van der Waals surface area (Å²) in [5, 5.41) is 2.44. The van der Waals surface area contributed by atoms with E-state index in [0.29, 0.717) is 11.8 Å². The van der Waals surface area contributed by atoms with Crippen LogP contribution in [0.5, 0.6) is 0 Å². The van der Waals surface area contributed by atoms with Gasteiger partial charge in [0.1, 0.15) is 23.2 Å². The van der Waals surface area contributed by atoms with Gasteiger partial charge in [-0.2, -0.15) is 0 Å². The normalized spacial score (nSPS) is 29.9. The summed E-state index contributed by atoms with van der Waals surface area (Å²) in [6.45, 7) is 8.76. The van der Waals surface area contributed by atoms with Gasteiger partial charge in [-0.15, -0.1) is 6.58 Å². The molecule has 140 valence electrons. The van der Waals surface area contributed by atoms with E-state index in [9.17, 15) is 0 Å². The summed E-state index contributed by atoms with van der Waals surface area (Å²) in [4.78, 5) is 8.78. The van der Waals surface area contributed by atoms with Crippen LogP contribution in [-0.4, -0.2) is 39.0 Å². The molecule has 2 aliphatic rings. The first-order chi connectivity index (χ1) is 13.0. The zero-order chi connectivity index (χ0) is 18.8. The Labute approximate surface area is 162 Å². The predicted octanol–water partition coefficient (Wildman–Crippen LogP) is 4.55. The number of ether oxygens (including phenoxy) is 2. The van der Waals surface area contributed by atoms with Crippen LogP contribution in [0.2, 0.25) is 5.15 Å². The number of halogens is 1. The summed E-state index contributed by atoms with van der Waals surface area (Å²) in [6.07, 6.45) is 4.36. The Morgan fingerprint density at radius 1 is 1.26 bits per heavy atom.